The van der Waals surface area contributed by atoms with Gasteiger partial charge in [0.05, 0.1) is 0 Å². The number of nitrogens with zero attached hydrogens (tertiary/aromatic N) is 2. The Labute approximate surface area is 126 Å². The highest BCUT2D eigenvalue weighted by molar-refractivity contribution is 4.80. The summed E-state index contributed by atoms with van der Waals surface area (Å²) in [4.78, 5) is 5.03. The van der Waals surface area contributed by atoms with Crippen LogP contribution in [0.2, 0.25) is 0 Å². The molecule has 0 aromatic rings. The van der Waals surface area contributed by atoms with Crippen LogP contribution in [0, 0.1) is 5.92 Å². The zero-order chi connectivity index (χ0) is 14.2. The van der Waals surface area contributed by atoms with Crippen molar-refractivity contribution >= 4 is 0 Å². The minimum atomic E-state index is 0.885. The molecule has 118 valence electrons. The molecule has 1 N–H and O–H groups in total. The summed E-state index contributed by atoms with van der Waals surface area (Å²) in [6.45, 7) is 6.45. The summed E-state index contributed by atoms with van der Waals surface area (Å²) in [5.41, 5.74) is 0. The van der Waals surface area contributed by atoms with Crippen molar-refractivity contribution in [2.45, 2.75) is 57.4 Å². The summed E-state index contributed by atoms with van der Waals surface area (Å²) in [5.74, 6) is 0.943. The summed E-state index contributed by atoms with van der Waals surface area (Å²) in [6.07, 6.45) is 11.2. The van der Waals surface area contributed by atoms with Gasteiger partial charge in [-0.05, 0) is 84.7 Å². The monoisotopic (exact) mass is 281 g/mol. The van der Waals surface area contributed by atoms with Gasteiger partial charge in [0.1, 0.15) is 0 Å². The molecule has 1 heterocycles. The Kier molecular flexibility index (Phi) is 7.32. The molecule has 0 radical (unpaired) electrons. The molecule has 0 bridgehead atoms. The van der Waals surface area contributed by atoms with Crippen molar-refractivity contribution < 1.29 is 0 Å². The normalized spacial score (nSPS) is 21.8. The fourth-order valence-electron chi connectivity index (χ4n) is 3.23. The van der Waals surface area contributed by atoms with Gasteiger partial charge in [-0.3, -0.25) is 0 Å². The molecule has 0 unspecified atom stereocenters. The van der Waals surface area contributed by atoms with Crippen LogP contribution >= 0.6 is 0 Å². The fourth-order valence-corrected chi connectivity index (χ4v) is 3.23. The smallest absolute Gasteiger partial charge is 0.00682 e. The Morgan fingerprint density at radius 1 is 1.00 bits per heavy atom. The molecule has 1 saturated heterocycles. The topological polar surface area (TPSA) is 18.5 Å². The van der Waals surface area contributed by atoms with Gasteiger partial charge in [-0.25, -0.2) is 0 Å². The van der Waals surface area contributed by atoms with Gasteiger partial charge in [-0.15, -0.1) is 0 Å². The van der Waals surface area contributed by atoms with Crippen LogP contribution in [0.4, 0.5) is 0 Å². The van der Waals surface area contributed by atoms with Gasteiger partial charge in [0, 0.05) is 12.6 Å². The third kappa shape index (κ3) is 7.05. The Morgan fingerprint density at radius 2 is 1.70 bits per heavy atom. The Hall–Kier alpha value is -0.120. The number of hydrogen-bond donors (Lipinski definition) is 1. The average Bonchev–Trinajstić information content (AvgIpc) is 3.24. The number of rotatable bonds is 10. The predicted octanol–water partition coefficient (Wildman–Crippen LogP) is 2.57. The maximum Gasteiger partial charge on any atom is 0.00682 e. The molecule has 3 heteroatoms. The van der Waals surface area contributed by atoms with Crippen LogP contribution in [0.1, 0.15) is 51.4 Å². The highest BCUT2D eigenvalue weighted by Gasteiger charge is 2.19. The average molecular weight is 281 g/mol. The van der Waals surface area contributed by atoms with E-state index in [2.05, 4.69) is 29.2 Å². The van der Waals surface area contributed by atoms with Gasteiger partial charge in [0.15, 0.2) is 0 Å². The third-order valence-corrected chi connectivity index (χ3v) is 4.88. The summed E-state index contributed by atoms with van der Waals surface area (Å²) in [5, 5.41) is 3.60. The molecule has 0 atom stereocenters. The second-order valence-corrected chi connectivity index (χ2v) is 7.15. The number of likely N-dealkylation sites (tertiary alicyclic amines) is 1. The first kappa shape index (κ1) is 16.3. The number of piperidine rings is 1. The van der Waals surface area contributed by atoms with Crippen LogP contribution < -0.4 is 5.32 Å². The van der Waals surface area contributed by atoms with Gasteiger partial charge in [-0.1, -0.05) is 12.8 Å². The van der Waals surface area contributed by atoms with Crippen molar-refractivity contribution in [3.63, 3.8) is 0 Å². The standard InChI is InChI=1S/C17H35N3/c1-19-13-9-16(10-14-19)15-20(2)12-6-4-3-5-11-18-17-7-8-17/h16-18H,3-15H2,1-2H3. The SMILES string of the molecule is CN1CCC(CN(C)CCCCCCNC2CC2)CC1. The summed E-state index contributed by atoms with van der Waals surface area (Å²) in [7, 11) is 4.56. The minimum Gasteiger partial charge on any atom is -0.314 e. The van der Waals surface area contributed by atoms with Gasteiger partial charge in [0.25, 0.3) is 0 Å². The molecule has 0 aromatic carbocycles. The number of hydrogen-bond acceptors (Lipinski definition) is 3. The quantitative estimate of drug-likeness (QED) is 0.621. The van der Waals surface area contributed by atoms with Crippen LogP contribution in [0.3, 0.4) is 0 Å². The number of unbranched alkanes of at least 4 members (excludes halogenated alkanes) is 3. The molecule has 2 rings (SSSR count). The van der Waals surface area contributed by atoms with Crippen LogP contribution in [-0.4, -0.2) is 62.7 Å². The van der Waals surface area contributed by atoms with Gasteiger partial charge >= 0.3 is 0 Å². The third-order valence-electron chi connectivity index (χ3n) is 4.88. The van der Waals surface area contributed by atoms with E-state index in [9.17, 15) is 0 Å². The van der Waals surface area contributed by atoms with E-state index in [0.29, 0.717) is 0 Å². The molecule has 3 nitrogen and oxygen atoms in total. The van der Waals surface area contributed by atoms with Crippen LogP contribution in [-0.2, 0) is 0 Å². The highest BCUT2D eigenvalue weighted by Crippen LogP contribution is 2.18. The molecule has 0 aromatic heterocycles. The van der Waals surface area contributed by atoms with Gasteiger partial charge in [0.2, 0.25) is 0 Å². The van der Waals surface area contributed by atoms with Crippen molar-refractivity contribution in [1.29, 1.82) is 0 Å². The van der Waals surface area contributed by atoms with E-state index in [1.165, 1.54) is 84.1 Å². The van der Waals surface area contributed by atoms with Crippen molar-refractivity contribution in [3.05, 3.63) is 0 Å². The van der Waals surface area contributed by atoms with Crippen molar-refractivity contribution in [2.24, 2.45) is 5.92 Å². The molecule has 2 aliphatic rings. The lowest BCUT2D eigenvalue weighted by Gasteiger charge is -2.31. The second kappa shape index (κ2) is 9.01. The molecular weight excluding hydrogens is 246 g/mol. The first-order chi connectivity index (χ1) is 9.74. The van der Waals surface area contributed by atoms with Gasteiger partial charge < -0.3 is 15.1 Å². The van der Waals surface area contributed by atoms with E-state index in [1.54, 1.807) is 0 Å². The Balaban J connectivity index is 1.38. The molecular formula is C17H35N3. The van der Waals surface area contributed by atoms with E-state index < -0.39 is 0 Å². The summed E-state index contributed by atoms with van der Waals surface area (Å²) >= 11 is 0. The predicted molar refractivity (Wildman–Crippen MR) is 87.2 cm³/mol. The summed E-state index contributed by atoms with van der Waals surface area (Å²) in [6, 6.07) is 0.885. The molecule has 2 fully saturated rings. The molecule has 20 heavy (non-hydrogen) atoms. The van der Waals surface area contributed by atoms with E-state index >= 15 is 0 Å². The molecule has 0 spiro atoms. The largest absolute Gasteiger partial charge is 0.314 e. The lowest BCUT2D eigenvalue weighted by Crippen LogP contribution is -2.36. The Morgan fingerprint density at radius 3 is 2.40 bits per heavy atom. The lowest BCUT2D eigenvalue weighted by atomic mass is 9.96. The molecule has 1 aliphatic heterocycles. The zero-order valence-corrected chi connectivity index (χ0v) is 13.7. The number of nitrogens with one attached hydrogen (secondary N) is 1. The van der Waals surface area contributed by atoms with E-state index in [0.717, 1.165) is 12.0 Å². The zero-order valence-electron chi connectivity index (χ0n) is 13.7. The van der Waals surface area contributed by atoms with Crippen molar-refractivity contribution in [1.82, 2.24) is 15.1 Å². The maximum atomic E-state index is 3.60. The summed E-state index contributed by atoms with van der Waals surface area (Å²) < 4.78 is 0. The van der Waals surface area contributed by atoms with Crippen LogP contribution in [0.5, 0.6) is 0 Å². The van der Waals surface area contributed by atoms with Crippen molar-refractivity contribution in [2.75, 3.05) is 46.8 Å². The Bertz CT molecular complexity index is 245. The van der Waals surface area contributed by atoms with Gasteiger partial charge in [-0.2, -0.15) is 0 Å². The second-order valence-electron chi connectivity index (χ2n) is 7.15. The highest BCUT2D eigenvalue weighted by atomic mass is 15.1. The van der Waals surface area contributed by atoms with Crippen molar-refractivity contribution in [3.8, 4) is 0 Å². The maximum absolute atomic E-state index is 3.60. The first-order valence-electron chi connectivity index (χ1n) is 8.84. The fraction of sp³-hybridized carbons (Fsp3) is 1.00. The lowest BCUT2D eigenvalue weighted by molar-refractivity contribution is 0.175. The van der Waals surface area contributed by atoms with Crippen LogP contribution in [0.15, 0.2) is 0 Å². The molecule has 0 amide bonds. The minimum absolute atomic E-state index is 0.885. The van der Waals surface area contributed by atoms with E-state index in [1.807, 2.05) is 0 Å². The van der Waals surface area contributed by atoms with Crippen LogP contribution in [0.25, 0.3) is 0 Å². The molecule has 1 aliphatic carbocycles. The first-order valence-corrected chi connectivity index (χ1v) is 8.84. The molecule has 1 saturated carbocycles. The van der Waals surface area contributed by atoms with E-state index in [-0.39, 0.29) is 0 Å². The van der Waals surface area contributed by atoms with E-state index in [4.69, 9.17) is 0 Å².